The molecule has 1 N–H and O–H groups in total. The Morgan fingerprint density at radius 2 is 1.64 bits per heavy atom. The van der Waals surface area contributed by atoms with Crippen molar-refractivity contribution in [3.8, 4) is 0 Å². The standard InChI is InChI=1S/C30H30ClN3O4S/c1-29-14-8-16-32(2)26(36)23(29)24-27(37)34(22(18-35)19-10-4-3-5-11-19)25-28(38)33(17-9-15-30(24,25)39-29)21-13-7-6-12-20(21)31/h3-15,22-25,35H,16-18H2,1-2H3/t22-,23-,24+,25?,29+,30+/m1/s1. The number of para-hydroxylation sites is 1. The number of rotatable bonds is 4. The van der Waals surface area contributed by atoms with Crippen molar-refractivity contribution in [1.82, 2.24) is 9.80 Å². The Labute approximate surface area is 237 Å². The summed E-state index contributed by atoms with van der Waals surface area (Å²) >= 11 is 8.07. The van der Waals surface area contributed by atoms with Gasteiger partial charge in [-0.1, -0.05) is 78.4 Å². The van der Waals surface area contributed by atoms with Crippen LogP contribution in [0.4, 0.5) is 5.69 Å². The number of anilines is 1. The van der Waals surface area contributed by atoms with Crippen LogP contribution in [0.3, 0.4) is 0 Å². The van der Waals surface area contributed by atoms with Crippen LogP contribution in [-0.4, -0.2) is 74.9 Å². The molecule has 1 unspecified atom stereocenters. The van der Waals surface area contributed by atoms with Gasteiger partial charge in [-0.2, -0.15) is 0 Å². The molecule has 3 amide bonds. The number of hydrogen-bond acceptors (Lipinski definition) is 5. The lowest BCUT2D eigenvalue weighted by atomic mass is 9.74. The minimum atomic E-state index is -1.01. The second kappa shape index (κ2) is 9.54. The molecule has 6 atom stereocenters. The summed E-state index contributed by atoms with van der Waals surface area (Å²) in [6.07, 6.45) is 7.89. The highest BCUT2D eigenvalue weighted by atomic mass is 35.5. The number of likely N-dealkylation sites (tertiary alicyclic amines) is 1. The van der Waals surface area contributed by atoms with Crippen LogP contribution in [0.1, 0.15) is 18.5 Å². The van der Waals surface area contributed by atoms with Crippen LogP contribution in [0, 0.1) is 11.8 Å². The zero-order valence-corrected chi connectivity index (χ0v) is 23.3. The SMILES string of the molecule is CN1CC=C[C@]2(C)S[C@]34C=CCN(c5ccccc5Cl)C(=O)C3N([C@H](CO)c3ccccc3)C(=O)[C@@H]4[C@@H]2C1=O. The molecule has 39 heavy (non-hydrogen) atoms. The van der Waals surface area contributed by atoms with E-state index >= 15 is 0 Å². The highest BCUT2D eigenvalue weighted by molar-refractivity contribution is 8.02. The Balaban J connectivity index is 1.56. The molecule has 2 aromatic carbocycles. The molecule has 2 fully saturated rings. The van der Waals surface area contributed by atoms with E-state index in [2.05, 4.69) is 0 Å². The number of fused-ring (bicyclic) bond motifs is 2. The summed E-state index contributed by atoms with van der Waals surface area (Å²) < 4.78 is -1.69. The molecule has 202 valence electrons. The predicted octanol–water partition coefficient (Wildman–Crippen LogP) is 3.69. The minimum Gasteiger partial charge on any atom is -0.394 e. The Hall–Kier alpha value is -3.07. The van der Waals surface area contributed by atoms with E-state index in [1.165, 1.54) is 11.8 Å². The molecule has 2 aromatic rings. The summed E-state index contributed by atoms with van der Waals surface area (Å²) in [6.45, 7) is 2.37. The maximum absolute atomic E-state index is 14.7. The Kier molecular flexibility index (Phi) is 6.40. The highest BCUT2D eigenvalue weighted by Gasteiger charge is 2.74. The molecular weight excluding hydrogens is 534 g/mol. The monoisotopic (exact) mass is 563 g/mol. The number of carbonyl (C=O) groups excluding carboxylic acids is 3. The molecule has 0 saturated carbocycles. The lowest BCUT2D eigenvalue weighted by Gasteiger charge is -2.40. The van der Waals surface area contributed by atoms with Crippen molar-refractivity contribution in [2.75, 3.05) is 31.6 Å². The van der Waals surface area contributed by atoms with Crippen LogP contribution in [-0.2, 0) is 14.4 Å². The Morgan fingerprint density at radius 1 is 0.949 bits per heavy atom. The van der Waals surface area contributed by atoms with Gasteiger partial charge in [0.1, 0.15) is 6.04 Å². The Morgan fingerprint density at radius 3 is 2.36 bits per heavy atom. The molecule has 4 aliphatic rings. The predicted molar refractivity (Wildman–Crippen MR) is 152 cm³/mol. The number of benzene rings is 2. The number of hydrogen-bond donors (Lipinski definition) is 1. The van der Waals surface area contributed by atoms with E-state index in [9.17, 15) is 19.5 Å². The average Bonchev–Trinajstić information content (AvgIpc) is 3.20. The van der Waals surface area contributed by atoms with Crippen molar-refractivity contribution in [2.45, 2.75) is 28.5 Å². The number of thioether (sulfide) groups is 1. The number of carbonyl (C=O) groups is 3. The molecule has 0 aromatic heterocycles. The summed E-state index contributed by atoms with van der Waals surface area (Å²) in [5, 5.41) is 11.1. The quantitative estimate of drug-likeness (QED) is 0.574. The smallest absolute Gasteiger partial charge is 0.251 e. The third kappa shape index (κ3) is 3.79. The number of aliphatic hydroxyl groups excluding tert-OH is 1. The van der Waals surface area contributed by atoms with Crippen LogP contribution in [0.25, 0.3) is 0 Å². The van der Waals surface area contributed by atoms with Gasteiger partial charge in [0.2, 0.25) is 11.8 Å². The number of nitrogens with zero attached hydrogens (tertiary/aromatic N) is 3. The van der Waals surface area contributed by atoms with Crippen LogP contribution in [0.2, 0.25) is 5.02 Å². The first-order chi connectivity index (χ1) is 18.7. The second-order valence-electron chi connectivity index (χ2n) is 10.8. The molecule has 4 aliphatic heterocycles. The lowest BCUT2D eigenvalue weighted by Crippen LogP contribution is -2.54. The second-order valence-corrected chi connectivity index (χ2v) is 13.0. The highest BCUT2D eigenvalue weighted by Crippen LogP contribution is 2.66. The van der Waals surface area contributed by atoms with Crippen molar-refractivity contribution >= 4 is 46.8 Å². The van der Waals surface area contributed by atoms with E-state index in [-0.39, 0.29) is 30.9 Å². The molecule has 4 heterocycles. The normalized spacial score (nSPS) is 32.6. The first-order valence-corrected chi connectivity index (χ1v) is 14.3. The molecule has 0 aliphatic carbocycles. The van der Waals surface area contributed by atoms with Gasteiger partial charge in [-0.3, -0.25) is 14.4 Å². The van der Waals surface area contributed by atoms with Crippen molar-refractivity contribution < 1.29 is 19.5 Å². The molecule has 1 spiro atoms. The van der Waals surface area contributed by atoms with Gasteiger partial charge in [-0.15, -0.1) is 11.8 Å². The topological polar surface area (TPSA) is 81.2 Å². The average molecular weight is 564 g/mol. The third-order valence-electron chi connectivity index (χ3n) is 8.53. The lowest BCUT2D eigenvalue weighted by molar-refractivity contribution is -0.145. The van der Waals surface area contributed by atoms with Gasteiger partial charge in [0, 0.05) is 24.9 Å². The van der Waals surface area contributed by atoms with Crippen LogP contribution in [0.5, 0.6) is 0 Å². The minimum absolute atomic E-state index is 0.112. The van der Waals surface area contributed by atoms with E-state index < -0.39 is 33.4 Å². The van der Waals surface area contributed by atoms with Gasteiger partial charge in [0.15, 0.2) is 0 Å². The largest absolute Gasteiger partial charge is 0.394 e. The fraction of sp³-hybridized carbons (Fsp3) is 0.367. The van der Waals surface area contributed by atoms with Crippen LogP contribution < -0.4 is 4.90 Å². The van der Waals surface area contributed by atoms with E-state index in [0.717, 1.165) is 5.56 Å². The van der Waals surface area contributed by atoms with E-state index in [1.54, 1.807) is 39.9 Å². The number of amides is 3. The summed E-state index contributed by atoms with van der Waals surface area (Å²) in [7, 11) is 1.75. The maximum Gasteiger partial charge on any atom is 0.251 e. The molecule has 2 saturated heterocycles. The molecule has 0 radical (unpaired) electrons. The maximum atomic E-state index is 14.7. The summed E-state index contributed by atoms with van der Waals surface area (Å²) in [4.78, 5) is 47.9. The van der Waals surface area contributed by atoms with Crippen LogP contribution in [0.15, 0.2) is 78.9 Å². The first kappa shape index (κ1) is 26.2. The summed E-state index contributed by atoms with van der Waals surface area (Å²) in [5.41, 5.74) is 1.28. The van der Waals surface area contributed by atoms with Crippen molar-refractivity contribution in [2.24, 2.45) is 11.8 Å². The van der Waals surface area contributed by atoms with Gasteiger partial charge in [0.25, 0.3) is 5.91 Å². The molecule has 6 rings (SSSR count). The van der Waals surface area contributed by atoms with Crippen LogP contribution >= 0.6 is 23.4 Å². The molecule has 0 bridgehead atoms. The Bertz CT molecular complexity index is 1400. The number of aliphatic hydroxyl groups is 1. The van der Waals surface area contributed by atoms with E-state index in [0.29, 0.717) is 17.3 Å². The van der Waals surface area contributed by atoms with E-state index in [4.69, 9.17) is 11.6 Å². The zero-order valence-electron chi connectivity index (χ0n) is 21.7. The first-order valence-electron chi connectivity index (χ1n) is 13.1. The van der Waals surface area contributed by atoms with Gasteiger partial charge in [0.05, 0.1) is 39.9 Å². The van der Waals surface area contributed by atoms with Gasteiger partial charge in [-0.25, -0.2) is 0 Å². The third-order valence-corrected chi connectivity index (χ3v) is 10.6. The fourth-order valence-corrected chi connectivity index (χ4v) is 9.22. The summed E-state index contributed by atoms with van der Waals surface area (Å²) in [6, 6.07) is 14.7. The van der Waals surface area contributed by atoms with E-state index in [1.807, 2.05) is 67.6 Å². The van der Waals surface area contributed by atoms with Crippen molar-refractivity contribution in [1.29, 1.82) is 0 Å². The summed E-state index contributed by atoms with van der Waals surface area (Å²) in [5.74, 6) is -2.12. The van der Waals surface area contributed by atoms with Gasteiger partial charge in [-0.05, 0) is 24.6 Å². The van der Waals surface area contributed by atoms with Gasteiger partial charge < -0.3 is 19.8 Å². The molecule has 7 nitrogen and oxygen atoms in total. The van der Waals surface area contributed by atoms with Crippen molar-refractivity contribution in [3.63, 3.8) is 0 Å². The molecule has 9 heteroatoms. The number of likely N-dealkylation sites (N-methyl/N-ethyl adjacent to an activating group) is 1. The zero-order chi connectivity index (χ0) is 27.5. The van der Waals surface area contributed by atoms with Gasteiger partial charge >= 0.3 is 0 Å². The molecular formula is C30H30ClN3O4S. The fourth-order valence-electron chi connectivity index (χ4n) is 6.83. The van der Waals surface area contributed by atoms with Crippen molar-refractivity contribution in [3.05, 3.63) is 89.5 Å². The number of halogens is 1.